The number of nitrogens with zero attached hydrogens (tertiary/aromatic N) is 4. The lowest BCUT2D eigenvalue weighted by atomic mass is 10.1. The van der Waals surface area contributed by atoms with Gasteiger partial charge >= 0.3 is 5.97 Å². The van der Waals surface area contributed by atoms with E-state index in [-0.39, 0.29) is 18.2 Å². The van der Waals surface area contributed by atoms with Gasteiger partial charge < -0.3 is 15.2 Å². The van der Waals surface area contributed by atoms with Crippen molar-refractivity contribution in [1.29, 1.82) is 0 Å². The number of carboxylic acids is 1. The number of hydrogen-bond donors (Lipinski definition) is 1. The first-order valence-corrected chi connectivity index (χ1v) is 6.72. The lowest BCUT2D eigenvalue weighted by Crippen LogP contribution is -2.43. The smallest absolute Gasteiger partial charge is 0.317 e. The summed E-state index contributed by atoms with van der Waals surface area (Å²) in [6, 6.07) is 0. The van der Waals surface area contributed by atoms with Gasteiger partial charge in [0, 0.05) is 13.1 Å². The fourth-order valence-corrected chi connectivity index (χ4v) is 1.78. The maximum atomic E-state index is 11.7. The summed E-state index contributed by atoms with van der Waals surface area (Å²) in [5.41, 5.74) is -0.334. The number of rotatable bonds is 5. The van der Waals surface area contributed by atoms with Crippen molar-refractivity contribution in [3.8, 4) is 0 Å². The quantitative estimate of drug-likeness (QED) is 0.462. The predicted octanol–water partition coefficient (Wildman–Crippen LogP) is 1.07. The van der Waals surface area contributed by atoms with Crippen LogP contribution in [0.3, 0.4) is 0 Å². The number of aliphatic carboxylic acids is 1. The second kappa shape index (κ2) is 6.74. The number of likely N-dealkylation sites (tertiary alicyclic amines) is 1. The summed E-state index contributed by atoms with van der Waals surface area (Å²) < 4.78 is 0. The normalized spacial score (nSPS) is 18.9. The number of hydrazine groups is 1. The molecule has 0 amide bonds. The van der Waals surface area contributed by atoms with Crippen molar-refractivity contribution in [3.63, 3.8) is 0 Å². The van der Waals surface area contributed by atoms with E-state index < -0.39 is 5.97 Å². The highest BCUT2D eigenvalue weighted by atomic mass is 16.7. The van der Waals surface area contributed by atoms with Gasteiger partial charge in [0.25, 0.3) is 0 Å². The summed E-state index contributed by atoms with van der Waals surface area (Å²) in [7, 11) is 1.65. The van der Waals surface area contributed by atoms with Crippen molar-refractivity contribution < 1.29 is 19.7 Å². The number of carboxylic acid groups (broad SMARTS) is 1. The molecule has 0 unspecified atom stereocenters. The Morgan fingerprint density at radius 2 is 2.05 bits per heavy atom. The molecule has 0 atom stereocenters. The molecular weight excluding hydrogens is 264 g/mol. The molecule has 8 nitrogen and oxygen atoms in total. The van der Waals surface area contributed by atoms with Gasteiger partial charge in [-0.05, 0) is 33.6 Å². The van der Waals surface area contributed by atoms with E-state index in [1.165, 1.54) is 5.01 Å². The van der Waals surface area contributed by atoms with Crippen LogP contribution in [-0.4, -0.2) is 64.3 Å². The number of carbonyl (C=O) groups is 1. The average Bonchev–Trinajstić information content (AvgIpc) is 2.35. The van der Waals surface area contributed by atoms with Gasteiger partial charge in [-0.3, -0.25) is 9.69 Å². The lowest BCUT2D eigenvalue weighted by Gasteiger charge is -2.29. The average molecular weight is 288 g/mol. The van der Waals surface area contributed by atoms with Crippen LogP contribution in [0, 0.1) is 5.21 Å². The zero-order valence-electron chi connectivity index (χ0n) is 12.6. The molecule has 8 heteroatoms. The molecule has 0 aromatic heterocycles. The van der Waals surface area contributed by atoms with Gasteiger partial charge in [0.15, 0.2) is 0 Å². The summed E-state index contributed by atoms with van der Waals surface area (Å²) in [6.45, 7) is 7.03. The minimum Gasteiger partial charge on any atom is -0.569 e. The second-order valence-corrected chi connectivity index (χ2v) is 6.00. The van der Waals surface area contributed by atoms with Crippen LogP contribution in [0.25, 0.3) is 0 Å². The zero-order chi connectivity index (χ0) is 15.3. The van der Waals surface area contributed by atoms with E-state index in [2.05, 4.69) is 5.28 Å². The predicted molar refractivity (Wildman–Crippen MR) is 71.8 cm³/mol. The molecule has 0 aliphatic carbocycles. The molecule has 1 saturated heterocycles. The third kappa shape index (κ3) is 5.20. The number of piperidine rings is 1. The van der Waals surface area contributed by atoms with E-state index in [9.17, 15) is 10.0 Å². The molecule has 0 radical (unpaired) electrons. The standard InChI is InChI=1S/C12H24N4O4/c1-12(2,3)14(4)16(19)13-20-10-5-7-15(8-6-10)9-11(17)18/h10H,5-9H2,1-4H3,(H,17,18)/b16-13+. The fourth-order valence-electron chi connectivity index (χ4n) is 1.78. The first-order chi connectivity index (χ1) is 9.20. The van der Waals surface area contributed by atoms with Crippen molar-refractivity contribution in [3.05, 3.63) is 5.21 Å². The lowest BCUT2D eigenvalue weighted by molar-refractivity contribution is -0.720. The zero-order valence-corrected chi connectivity index (χ0v) is 12.6. The van der Waals surface area contributed by atoms with E-state index in [0.717, 1.165) is 0 Å². The molecule has 0 aromatic carbocycles. The molecule has 1 aliphatic heterocycles. The van der Waals surface area contributed by atoms with Crippen LogP contribution in [0.2, 0.25) is 0 Å². The van der Waals surface area contributed by atoms with Crippen LogP contribution in [0.4, 0.5) is 0 Å². The van der Waals surface area contributed by atoms with Gasteiger partial charge in [-0.2, -0.15) is 0 Å². The van der Waals surface area contributed by atoms with Crippen molar-refractivity contribution in [2.75, 3.05) is 26.7 Å². The van der Waals surface area contributed by atoms with Gasteiger partial charge in [0.05, 0.1) is 24.1 Å². The van der Waals surface area contributed by atoms with Crippen molar-refractivity contribution in [1.82, 2.24) is 9.91 Å². The van der Waals surface area contributed by atoms with E-state index in [0.29, 0.717) is 30.9 Å². The highest BCUT2D eigenvalue weighted by Crippen LogP contribution is 2.15. The van der Waals surface area contributed by atoms with E-state index in [4.69, 9.17) is 9.94 Å². The molecule has 1 aliphatic rings. The van der Waals surface area contributed by atoms with Crippen LogP contribution in [0.1, 0.15) is 33.6 Å². The Balaban J connectivity index is 2.39. The maximum absolute atomic E-state index is 11.7. The Hall–Kier alpha value is -1.57. The molecule has 1 heterocycles. The van der Waals surface area contributed by atoms with Crippen LogP contribution in [0.15, 0.2) is 5.28 Å². The Kier molecular flexibility index (Phi) is 5.55. The monoisotopic (exact) mass is 288 g/mol. The topological polar surface area (TPSA) is 91.4 Å². The Morgan fingerprint density at radius 1 is 1.50 bits per heavy atom. The van der Waals surface area contributed by atoms with Crippen molar-refractivity contribution in [2.45, 2.75) is 45.3 Å². The van der Waals surface area contributed by atoms with Gasteiger partial charge in [-0.15, -0.1) is 5.01 Å². The molecule has 0 bridgehead atoms. The largest absolute Gasteiger partial charge is 0.569 e. The molecule has 20 heavy (non-hydrogen) atoms. The molecule has 116 valence electrons. The van der Waals surface area contributed by atoms with Crippen molar-refractivity contribution in [2.24, 2.45) is 5.28 Å². The van der Waals surface area contributed by atoms with Gasteiger partial charge in [-0.1, -0.05) is 0 Å². The summed E-state index contributed by atoms with van der Waals surface area (Å²) in [4.78, 5) is 18.1. The fraction of sp³-hybridized carbons (Fsp3) is 0.917. The van der Waals surface area contributed by atoms with Crippen LogP contribution >= 0.6 is 0 Å². The van der Waals surface area contributed by atoms with E-state index in [1.54, 1.807) is 7.05 Å². The SMILES string of the molecule is CN(/[N+]([O-])=N\OC1CCN(CC(=O)O)CC1)C(C)(C)C. The molecule has 1 N–H and O–H groups in total. The molecule has 0 aromatic rings. The molecule has 1 rings (SSSR count). The first kappa shape index (κ1) is 16.5. The van der Waals surface area contributed by atoms with Crippen LogP contribution < -0.4 is 0 Å². The highest BCUT2D eigenvalue weighted by molar-refractivity contribution is 5.69. The van der Waals surface area contributed by atoms with E-state index in [1.807, 2.05) is 25.7 Å². The Morgan fingerprint density at radius 3 is 2.50 bits per heavy atom. The van der Waals surface area contributed by atoms with Crippen molar-refractivity contribution >= 4 is 5.97 Å². The van der Waals surface area contributed by atoms with Crippen LogP contribution in [-0.2, 0) is 9.63 Å². The molecule has 1 fully saturated rings. The Labute approximate surface area is 119 Å². The molecule has 0 spiro atoms. The Bertz CT molecular complexity index is 359. The third-order valence-electron chi connectivity index (χ3n) is 3.39. The highest BCUT2D eigenvalue weighted by Gasteiger charge is 2.26. The maximum Gasteiger partial charge on any atom is 0.317 e. The van der Waals surface area contributed by atoms with Gasteiger partial charge in [0.1, 0.15) is 6.10 Å². The second-order valence-electron chi connectivity index (χ2n) is 6.00. The van der Waals surface area contributed by atoms with Gasteiger partial charge in [0.2, 0.25) is 5.28 Å². The molecular formula is C12H24N4O4. The number of hydrogen-bond acceptors (Lipinski definition) is 5. The van der Waals surface area contributed by atoms with Gasteiger partial charge in [-0.25, -0.2) is 0 Å². The van der Waals surface area contributed by atoms with Crippen LogP contribution in [0.5, 0.6) is 0 Å². The summed E-state index contributed by atoms with van der Waals surface area (Å²) >= 11 is 0. The van der Waals surface area contributed by atoms with E-state index >= 15 is 0 Å². The molecule has 0 saturated carbocycles. The minimum absolute atomic E-state index is 0.0459. The summed E-state index contributed by atoms with van der Waals surface area (Å²) in [6.07, 6.45) is 1.21. The summed E-state index contributed by atoms with van der Waals surface area (Å²) in [5.74, 6) is -0.827. The third-order valence-corrected chi connectivity index (χ3v) is 3.39. The minimum atomic E-state index is -0.827. The first-order valence-electron chi connectivity index (χ1n) is 6.72. The summed E-state index contributed by atoms with van der Waals surface area (Å²) in [5, 5.41) is 25.4.